The molecule has 1 spiro atoms. The molecule has 6 nitrogen and oxygen atoms in total. The second-order valence-electron chi connectivity index (χ2n) is 7.79. The third kappa shape index (κ3) is 4.18. The first-order valence-corrected chi connectivity index (χ1v) is 9.47. The average Bonchev–Trinajstić information content (AvgIpc) is 2.66. The lowest BCUT2D eigenvalue weighted by Gasteiger charge is -2.45. The Morgan fingerprint density at radius 2 is 1.92 bits per heavy atom. The predicted octanol–water partition coefficient (Wildman–Crippen LogP) is 2.31. The van der Waals surface area contributed by atoms with Crippen LogP contribution in [0.25, 0.3) is 0 Å². The molecule has 3 N–H and O–H groups in total. The van der Waals surface area contributed by atoms with Crippen LogP contribution < -0.4 is 10.6 Å². The van der Waals surface area contributed by atoms with E-state index in [2.05, 4.69) is 22.6 Å². The molecule has 0 atom stereocenters. The topological polar surface area (TPSA) is 77.5 Å². The zero-order valence-electron chi connectivity index (χ0n) is 15.8. The van der Waals surface area contributed by atoms with E-state index in [1.54, 1.807) is 12.2 Å². The van der Waals surface area contributed by atoms with Crippen molar-refractivity contribution < 1.29 is 9.53 Å². The minimum Gasteiger partial charge on any atom is -0.494 e. The molecule has 0 bridgehead atoms. The number of rotatable bonds is 5. The fourth-order valence-electron chi connectivity index (χ4n) is 4.26. The van der Waals surface area contributed by atoms with Crippen LogP contribution >= 0.6 is 0 Å². The smallest absolute Gasteiger partial charge is 0.211 e. The summed E-state index contributed by atoms with van der Waals surface area (Å²) in [6.07, 6.45) is 13.6. The van der Waals surface area contributed by atoms with Crippen LogP contribution in [-0.4, -0.2) is 50.3 Å². The normalized spacial score (nSPS) is 25.6. The second-order valence-corrected chi connectivity index (χ2v) is 7.79. The molecule has 3 rings (SSSR count). The molecular formula is C20H30N4O2. The highest BCUT2D eigenvalue weighted by atomic mass is 16.5. The Balaban J connectivity index is 1.58. The molecule has 6 heteroatoms. The molecule has 2 aliphatic carbocycles. The lowest BCUT2D eigenvalue weighted by atomic mass is 9.67. The van der Waals surface area contributed by atoms with Crippen molar-refractivity contribution in [3.63, 3.8) is 0 Å². The number of carbonyl (C=O) groups excluding carboxylic acids is 1. The van der Waals surface area contributed by atoms with E-state index in [-0.39, 0.29) is 0 Å². The number of ether oxygens (including phenoxy) is 1. The molecule has 1 amide bonds. The number of methoxy groups -OCH3 is 1. The highest BCUT2D eigenvalue weighted by Crippen LogP contribution is 2.44. The zero-order chi connectivity index (χ0) is 18.6. The van der Waals surface area contributed by atoms with Gasteiger partial charge in [0.2, 0.25) is 6.41 Å². The maximum absolute atomic E-state index is 10.8. The molecule has 0 radical (unpaired) electrons. The van der Waals surface area contributed by atoms with E-state index in [4.69, 9.17) is 10.1 Å². The summed E-state index contributed by atoms with van der Waals surface area (Å²) in [5.74, 6) is 0.501. The Labute approximate surface area is 155 Å². The van der Waals surface area contributed by atoms with Crippen molar-refractivity contribution in [3.8, 4) is 0 Å². The summed E-state index contributed by atoms with van der Waals surface area (Å²) < 4.78 is 5.22. The molecule has 0 unspecified atom stereocenters. The summed E-state index contributed by atoms with van der Waals surface area (Å²) in [6.45, 7) is 2.45. The van der Waals surface area contributed by atoms with E-state index in [0.29, 0.717) is 35.0 Å². The summed E-state index contributed by atoms with van der Waals surface area (Å²) in [5, 5.41) is 14.3. The van der Waals surface area contributed by atoms with Gasteiger partial charge in [0.05, 0.1) is 18.5 Å². The van der Waals surface area contributed by atoms with E-state index in [1.807, 2.05) is 6.20 Å². The number of carbonyl (C=O) groups is 1. The minimum atomic E-state index is 0.383. The number of nitrogens with zero attached hydrogens (tertiary/aromatic N) is 1. The Morgan fingerprint density at radius 3 is 2.54 bits per heavy atom. The van der Waals surface area contributed by atoms with Crippen LogP contribution in [0.3, 0.4) is 0 Å². The zero-order valence-corrected chi connectivity index (χ0v) is 15.8. The van der Waals surface area contributed by atoms with Gasteiger partial charge < -0.3 is 25.7 Å². The highest BCUT2D eigenvalue weighted by molar-refractivity contribution is 6.10. The van der Waals surface area contributed by atoms with Crippen LogP contribution in [0.15, 0.2) is 35.4 Å². The molecule has 3 aliphatic rings. The van der Waals surface area contributed by atoms with Crippen molar-refractivity contribution in [2.45, 2.75) is 44.6 Å². The lowest BCUT2D eigenvalue weighted by Crippen LogP contribution is -2.42. The number of piperidine rings is 1. The Bertz CT molecular complexity index is 632. The van der Waals surface area contributed by atoms with Gasteiger partial charge in [0.25, 0.3) is 0 Å². The Kier molecular flexibility index (Phi) is 5.81. The molecule has 0 aromatic carbocycles. The maximum Gasteiger partial charge on any atom is 0.211 e. The molecular weight excluding hydrogens is 328 g/mol. The van der Waals surface area contributed by atoms with Crippen molar-refractivity contribution in [2.75, 3.05) is 27.2 Å². The Morgan fingerprint density at radius 1 is 1.23 bits per heavy atom. The quantitative estimate of drug-likeness (QED) is 0.659. The van der Waals surface area contributed by atoms with Crippen LogP contribution in [0.4, 0.5) is 0 Å². The first-order valence-electron chi connectivity index (χ1n) is 9.47. The van der Waals surface area contributed by atoms with Gasteiger partial charge in [-0.25, -0.2) is 0 Å². The van der Waals surface area contributed by atoms with Gasteiger partial charge in [-0.05, 0) is 70.2 Å². The van der Waals surface area contributed by atoms with Crippen LogP contribution in [-0.2, 0) is 9.53 Å². The van der Waals surface area contributed by atoms with Crippen molar-refractivity contribution in [1.29, 1.82) is 5.41 Å². The van der Waals surface area contributed by atoms with Crippen molar-refractivity contribution in [1.82, 2.24) is 15.5 Å². The molecule has 0 aromatic rings. The van der Waals surface area contributed by atoms with Crippen molar-refractivity contribution >= 4 is 12.1 Å². The van der Waals surface area contributed by atoms with Gasteiger partial charge in [0, 0.05) is 23.9 Å². The summed E-state index contributed by atoms with van der Waals surface area (Å²) >= 11 is 0. The summed E-state index contributed by atoms with van der Waals surface area (Å²) in [6, 6.07) is 0.462. The fraction of sp³-hybridized carbons (Fsp3) is 0.600. The Hall–Kier alpha value is -2.08. The summed E-state index contributed by atoms with van der Waals surface area (Å²) in [7, 11) is 3.75. The largest absolute Gasteiger partial charge is 0.494 e. The first-order chi connectivity index (χ1) is 12.5. The van der Waals surface area contributed by atoms with Gasteiger partial charge >= 0.3 is 0 Å². The van der Waals surface area contributed by atoms with Crippen LogP contribution in [0.1, 0.15) is 38.5 Å². The first kappa shape index (κ1) is 18.7. The van der Waals surface area contributed by atoms with Crippen molar-refractivity contribution in [3.05, 3.63) is 35.4 Å². The minimum absolute atomic E-state index is 0.383. The van der Waals surface area contributed by atoms with Gasteiger partial charge in [-0.3, -0.25) is 4.79 Å². The van der Waals surface area contributed by atoms with Gasteiger partial charge in [-0.2, -0.15) is 0 Å². The molecule has 1 aliphatic heterocycles. The van der Waals surface area contributed by atoms with E-state index >= 15 is 0 Å². The molecule has 26 heavy (non-hydrogen) atoms. The van der Waals surface area contributed by atoms with E-state index in [9.17, 15) is 4.79 Å². The van der Waals surface area contributed by atoms with Crippen LogP contribution in [0.2, 0.25) is 0 Å². The summed E-state index contributed by atoms with van der Waals surface area (Å²) in [4.78, 5) is 13.2. The molecule has 0 aromatic heterocycles. The van der Waals surface area contributed by atoms with E-state index < -0.39 is 0 Å². The molecule has 142 valence electrons. The molecule has 1 saturated carbocycles. The average molecular weight is 358 g/mol. The third-order valence-electron chi connectivity index (χ3n) is 6.15. The van der Waals surface area contributed by atoms with Crippen LogP contribution in [0, 0.1) is 10.8 Å². The maximum atomic E-state index is 10.8. The van der Waals surface area contributed by atoms with E-state index in [0.717, 1.165) is 5.57 Å². The lowest BCUT2D eigenvalue weighted by molar-refractivity contribution is -0.109. The number of hydrogen-bond acceptors (Lipinski definition) is 5. The highest BCUT2D eigenvalue weighted by Gasteiger charge is 2.37. The molecule has 1 saturated heterocycles. The number of hydrogen-bond donors (Lipinski definition) is 3. The molecule has 2 fully saturated rings. The van der Waals surface area contributed by atoms with E-state index in [1.165, 1.54) is 58.7 Å². The van der Waals surface area contributed by atoms with Gasteiger partial charge in [0.1, 0.15) is 5.76 Å². The summed E-state index contributed by atoms with van der Waals surface area (Å²) in [5.41, 5.74) is 2.29. The predicted molar refractivity (Wildman–Crippen MR) is 103 cm³/mol. The van der Waals surface area contributed by atoms with Gasteiger partial charge in [0.15, 0.2) is 0 Å². The third-order valence-corrected chi connectivity index (χ3v) is 6.15. The van der Waals surface area contributed by atoms with Gasteiger partial charge in [-0.15, -0.1) is 0 Å². The number of nitrogens with one attached hydrogen (secondary N) is 3. The van der Waals surface area contributed by atoms with Crippen LogP contribution in [0.5, 0.6) is 0 Å². The number of allylic oxidation sites excluding steroid dienone is 3. The number of amides is 1. The standard InChI is InChI=1S/C20H30N4O2/c1-24-9-7-20(8-10-24)5-3-16(4-6-20)22-13-15-11-18(23-14-25)19(26-2)12-17(15)21/h11-14,16,21-22H,3-10H2,1-2H3,(H,23,25)/b15-13-,21-17?. The second kappa shape index (κ2) is 8.08. The van der Waals surface area contributed by atoms with Gasteiger partial charge in [-0.1, -0.05) is 0 Å². The monoisotopic (exact) mass is 358 g/mol. The van der Waals surface area contributed by atoms with Crippen molar-refractivity contribution in [2.24, 2.45) is 5.41 Å². The SMILES string of the molecule is COC1=CC(=N)/C(=C\NC2CCC3(CC2)CCN(C)CC3)C=C1NC=O. The number of likely N-dealkylation sites (tertiary alicyclic amines) is 1. The molecule has 1 heterocycles. The fourth-order valence-corrected chi connectivity index (χ4v) is 4.26.